The Morgan fingerprint density at radius 1 is 1.73 bits per heavy atom. The Morgan fingerprint density at radius 2 is 2.27 bits per heavy atom. The fraction of sp³-hybridized carbons (Fsp3) is 0.857. The van der Waals surface area contributed by atoms with Gasteiger partial charge in [-0.15, -0.1) is 0 Å². The van der Waals surface area contributed by atoms with Crippen molar-refractivity contribution in [3.05, 3.63) is 0 Å². The predicted molar refractivity (Wildman–Crippen MR) is 43.0 cm³/mol. The quantitative estimate of drug-likeness (QED) is 0.564. The van der Waals surface area contributed by atoms with Crippen LogP contribution in [-0.4, -0.2) is 42.2 Å². The fourth-order valence-corrected chi connectivity index (χ4v) is 0.718. The lowest BCUT2D eigenvalue weighted by molar-refractivity contribution is -0.131. The van der Waals surface area contributed by atoms with E-state index in [1.807, 2.05) is 6.92 Å². The smallest absolute Gasteiger partial charge is 0.239 e. The number of nitrogens with zero attached hydrogens (tertiary/aromatic N) is 1. The van der Waals surface area contributed by atoms with E-state index in [-0.39, 0.29) is 12.5 Å². The zero-order valence-corrected chi connectivity index (χ0v) is 7.08. The molecule has 0 aliphatic carbocycles. The second kappa shape index (κ2) is 5.09. The topological polar surface area (TPSA) is 66.6 Å². The molecule has 0 fully saturated rings. The Morgan fingerprint density at radius 3 is 2.64 bits per heavy atom. The van der Waals surface area contributed by atoms with Crippen molar-refractivity contribution >= 4 is 5.91 Å². The Balaban J connectivity index is 3.81. The van der Waals surface area contributed by atoms with Gasteiger partial charge in [0.05, 0.1) is 12.6 Å². The second-order valence-electron chi connectivity index (χ2n) is 2.50. The molecule has 0 radical (unpaired) electrons. The van der Waals surface area contributed by atoms with E-state index in [1.165, 1.54) is 4.90 Å². The number of carbonyl (C=O) groups excluding carboxylic acids is 1. The molecule has 4 heteroatoms. The zero-order valence-electron chi connectivity index (χ0n) is 7.08. The summed E-state index contributed by atoms with van der Waals surface area (Å²) < 4.78 is 0. The van der Waals surface area contributed by atoms with Gasteiger partial charge in [-0.2, -0.15) is 0 Å². The van der Waals surface area contributed by atoms with E-state index in [2.05, 4.69) is 0 Å². The van der Waals surface area contributed by atoms with Crippen molar-refractivity contribution in [2.24, 2.45) is 5.73 Å². The van der Waals surface area contributed by atoms with Gasteiger partial charge in [0.1, 0.15) is 0 Å². The number of hydrogen-bond acceptors (Lipinski definition) is 3. The van der Waals surface area contributed by atoms with E-state index in [0.717, 1.165) is 0 Å². The van der Waals surface area contributed by atoms with Gasteiger partial charge in [-0.25, -0.2) is 0 Å². The second-order valence-corrected chi connectivity index (χ2v) is 2.50. The van der Waals surface area contributed by atoms with Crippen LogP contribution in [0.15, 0.2) is 0 Å². The van der Waals surface area contributed by atoms with Crippen LogP contribution in [0.2, 0.25) is 0 Å². The third-order valence-corrected chi connectivity index (χ3v) is 1.57. The molecule has 1 atom stereocenters. The number of amides is 1. The lowest BCUT2D eigenvalue weighted by atomic mass is 10.2. The third-order valence-electron chi connectivity index (χ3n) is 1.57. The van der Waals surface area contributed by atoms with E-state index in [1.54, 1.807) is 7.05 Å². The lowest BCUT2D eigenvalue weighted by Gasteiger charge is -2.18. The molecular weight excluding hydrogens is 144 g/mol. The van der Waals surface area contributed by atoms with Gasteiger partial charge < -0.3 is 15.7 Å². The highest BCUT2D eigenvalue weighted by Gasteiger charge is 2.14. The molecule has 0 aromatic heterocycles. The van der Waals surface area contributed by atoms with Crippen LogP contribution in [0.3, 0.4) is 0 Å². The summed E-state index contributed by atoms with van der Waals surface area (Å²) in [6, 6.07) is -0.424. The number of likely N-dealkylation sites (N-methyl/N-ethyl adjacent to an activating group) is 1. The van der Waals surface area contributed by atoms with Crippen molar-refractivity contribution in [3.8, 4) is 0 Å². The van der Waals surface area contributed by atoms with Gasteiger partial charge >= 0.3 is 0 Å². The third kappa shape index (κ3) is 3.34. The summed E-state index contributed by atoms with van der Waals surface area (Å²) in [6.45, 7) is 2.19. The molecular formula is C7H16N2O2. The van der Waals surface area contributed by atoms with Crippen LogP contribution in [0.25, 0.3) is 0 Å². The van der Waals surface area contributed by atoms with Crippen molar-refractivity contribution in [2.45, 2.75) is 19.4 Å². The standard InChI is InChI=1S/C7H16N2O2/c1-3-6(8)7(11)9(2)4-5-10/h6,10H,3-5,8H2,1-2H3/t6-/m1/s1. The summed E-state index contributed by atoms with van der Waals surface area (Å²) >= 11 is 0. The van der Waals surface area contributed by atoms with Gasteiger partial charge in [0.15, 0.2) is 0 Å². The molecule has 0 aliphatic heterocycles. The minimum atomic E-state index is -0.424. The van der Waals surface area contributed by atoms with Crippen LogP contribution in [0.5, 0.6) is 0 Å². The zero-order chi connectivity index (χ0) is 8.85. The Hall–Kier alpha value is -0.610. The van der Waals surface area contributed by atoms with E-state index < -0.39 is 6.04 Å². The molecule has 0 aromatic carbocycles. The van der Waals surface area contributed by atoms with Crippen LogP contribution in [0.1, 0.15) is 13.3 Å². The molecule has 0 saturated heterocycles. The van der Waals surface area contributed by atoms with Crippen LogP contribution in [0.4, 0.5) is 0 Å². The van der Waals surface area contributed by atoms with Gasteiger partial charge in [0, 0.05) is 13.6 Å². The molecule has 0 heterocycles. The normalized spacial score (nSPS) is 12.7. The number of hydrogen-bond donors (Lipinski definition) is 2. The number of rotatable bonds is 4. The van der Waals surface area contributed by atoms with Crippen molar-refractivity contribution in [2.75, 3.05) is 20.2 Å². The first-order valence-corrected chi connectivity index (χ1v) is 3.74. The molecule has 4 nitrogen and oxygen atoms in total. The summed E-state index contributed by atoms with van der Waals surface area (Å²) in [5.74, 6) is -0.110. The van der Waals surface area contributed by atoms with Crippen LogP contribution < -0.4 is 5.73 Å². The summed E-state index contributed by atoms with van der Waals surface area (Å²) in [7, 11) is 1.63. The average Bonchev–Trinajstić information content (AvgIpc) is 2.02. The highest BCUT2D eigenvalue weighted by atomic mass is 16.3. The van der Waals surface area contributed by atoms with Crippen LogP contribution >= 0.6 is 0 Å². The molecule has 0 spiro atoms. The average molecular weight is 160 g/mol. The molecule has 0 aromatic rings. The lowest BCUT2D eigenvalue weighted by Crippen LogP contribution is -2.42. The maximum Gasteiger partial charge on any atom is 0.239 e. The molecule has 66 valence electrons. The van der Waals surface area contributed by atoms with E-state index in [0.29, 0.717) is 13.0 Å². The van der Waals surface area contributed by atoms with Crippen molar-refractivity contribution in [3.63, 3.8) is 0 Å². The minimum Gasteiger partial charge on any atom is -0.395 e. The monoisotopic (exact) mass is 160 g/mol. The number of aliphatic hydroxyl groups is 1. The largest absolute Gasteiger partial charge is 0.395 e. The highest BCUT2D eigenvalue weighted by Crippen LogP contribution is 1.92. The van der Waals surface area contributed by atoms with Gasteiger partial charge in [0.25, 0.3) is 0 Å². The molecule has 0 bridgehead atoms. The maximum absolute atomic E-state index is 11.2. The number of aliphatic hydroxyl groups excluding tert-OH is 1. The SMILES string of the molecule is CC[C@@H](N)C(=O)N(C)CCO. The van der Waals surface area contributed by atoms with Crippen molar-refractivity contribution in [1.82, 2.24) is 4.90 Å². The predicted octanol–water partition coefficient (Wildman–Crippen LogP) is -0.826. The highest BCUT2D eigenvalue weighted by molar-refractivity contribution is 5.81. The first kappa shape index (κ1) is 10.4. The molecule has 3 N–H and O–H groups in total. The van der Waals surface area contributed by atoms with Gasteiger partial charge in [-0.05, 0) is 6.42 Å². The Kier molecular flexibility index (Phi) is 4.81. The summed E-state index contributed by atoms with van der Waals surface area (Å²) in [5, 5.41) is 8.51. The Bertz CT molecular complexity index is 128. The summed E-state index contributed by atoms with van der Waals surface area (Å²) in [4.78, 5) is 12.6. The molecule has 0 aliphatic rings. The van der Waals surface area contributed by atoms with E-state index >= 15 is 0 Å². The van der Waals surface area contributed by atoms with Crippen molar-refractivity contribution in [1.29, 1.82) is 0 Å². The van der Waals surface area contributed by atoms with Gasteiger partial charge in [0.2, 0.25) is 5.91 Å². The summed E-state index contributed by atoms with van der Waals surface area (Å²) in [5.41, 5.74) is 5.47. The first-order chi connectivity index (χ1) is 5.13. The molecule has 1 amide bonds. The van der Waals surface area contributed by atoms with E-state index in [9.17, 15) is 4.79 Å². The number of nitrogens with two attached hydrogens (primary N) is 1. The number of carbonyl (C=O) groups is 1. The van der Waals surface area contributed by atoms with Crippen molar-refractivity contribution < 1.29 is 9.90 Å². The van der Waals surface area contributed by atoms with Gasteiger partial charge in [-0.1, -0.05) is 6.92 Å². The molecule has 0 rings (SSSR count). The fourth-order valence-electron chi connectivity index (χ4n) is 0.718. The summed E-state index contributed by atoms with van der Waals surface area (Å²) in [6.07, 6.45) is 0.634. The molecule has 0 unspecified atom stereocenters. The van der Waals surface area contributed by atoms with Gasteiger partial charge in [-0.3, -0.25) is 4.79 Å². The van der Waals surface area contributed by atoms with E-state index in [4.69, 9.17) is 10.8 Å². The first-order valence-electron chi connectivity index (χ1n) is 3.74. The molecule has 11 heavy (non-hydrogen) atoms. The Labute approximate surface area is 67.0 Å². The molecule has 0 saturated carbocycles. The van der Waals surface area contributed by atoms with Crippen LogP contribution in [0, 0.1) is 0 Å². The maximum atomic E-state index is 11.2. The minimum absolute atomic E-state index is 0.0152. The van der Waals surface area contributed by atoms with Crippen LogP contribution in [-0.2, 0) is 4.79 Å².